The third kappa shape index (κ3) is 2.69. The van der Waals surface area contributed by atoms with Gasteiger partial charge in [-0.15, -0.1) is 0 Å². The maximum absolute atomic E-state index is 11.3. The zero-order chi connectivity index (χ0) is 13.2. The topological polar surface area (TPSA) is 99.0 Å². The normalized spacial score (nSPS) is 11.5. The molecule has 1 heterocycles. The molecule has 0 radical (unpaired) electrons. The highest BCUT2D eigenvalue weighted by atomic mass is 16.1. The van der Waals surface area contributed by atoms with E-state index < -0.39 is 11.4 Å². The maximum atomic E-state index is 11.3. The summed E-state index contributed by atoms with van der Waals surface area (Å²) in [5.41, 5.74) is 11.7. The van der Waals surface area contributed by atoms with E-state index in [1.54, 1.807) is 18.5 Å². The molecule has 5 N–H and O–H groups in total. The van der Waals surface area contributed by atoms with E-state index in [1.807, 2.05) is 6.92 Å². The Labute approximate surface area is 101 Å². The molecule has 0 unspecified atom stereocenters. The molecule has 1 amide bonds. The fourth-order valence-corrected chi connectivity index (χ4v) is 1.46. The summed E-state index contributed by atoms with van der Waals surface area (Å²) in [5.74, 6) is 0.229. The smallest absolute Gasteiger partial charge is 0.242 e. The standard InChI is InChI=1S/C11H21N5O/c1-5-6-16-9(8(12)7(2)15-16)14-11(3,4)10(13)17/h14H,5-6,12H2,1-4H3,(H2,13,17). The Kier molecular flexibility index (Phi) is 3.65. The molecule has 0 saturated carbocycles. The first-order chi connectivity index (χ1) is 7.79. The molecule has 0 saturated heterocycles. The Balaban J connectivity index is 3.08. The van der Waals surface area contributed by atoms with Gasteiger partial charge in [0.1, 0.15) is 11.4 Å². The van der Waals surface area contributed by atoms with Crippen molar-refractivity contribution in [3.05, 3.63) is 5.69 Å². The fraction of sp³-hybridized carbons (Fsp3) is 0.636. The molecule has 1 aromatic rings. The number of carbonyl (C=O) groups is 1. The van der Waals surface area contributed by atoms with Gasteiger partial charge in [-0.2, -0.15) is 5.10 Å². The predicted octanol–water partition coefficient (Wildman–Crippen LogP) is 0.860. The van der Waals surface area contributed by atoms with Gasteiger partial charge in [0.15, 0.2) is 0 Å². The number of anilines is 2. The Bertz CT molecular complexity index is 422. The summed E-state index contributed by atoms with van der Waals surface area (Å²) in [6.45, 7) is 8.07. The monoisotopic (exact) mass is 239 g/mol. The van der Waals surface area contributed by atoms with Gasteiger partial charge in [0.25, 0.3) is 0 Å². The van der Waals surface area contributed by atoms with Crippen molar-refractivity contribution in [3.8, 4) is 0 Å². The van der Waals surface area contributed by atoms with Crippen molar-refractivity contribution in [2.45, 2.75) is 46.2 Å². The molecule has 0 aliphatic rings. The number of nitrogens with two attached hydrogens (primary N) is 2. The molecule has 0 aliphatic heterocycles. The van der Waals surface area contributed by atoms with Crippen LogP contribution in [0.25, 0.3) is 0 Å². The third-order valence-corrected chi connectivity index (χ3v) is 2.66. The number of nitrogens with one attached hydrogen (secondary N) is 1. The van der Waals surface area contributed by atoms with Crippen LogP contribution in [0.2, 0.25) is 0 Å². The summed E-state index contributed by atoms with van der Waals surface area (Å²) < 4.78 is 1.77. The van der Waals surface area contributed by atoms with Crippen molar-refractivity contribution in [2.24, 2.45) is 5.73 Å². The second kappa shape index (κ2) is 4.65. The average Bonchev–Trinajstić information content (AvgIpc) is 2.46. The minimum Gasteiger partial charge on any atom is -0.394 e. The molecule has 0 spiro atoms. The minimum absolute atomic E-state index is 0.432. The van der Waals surface area contributed by atoms with Crippen LogP contribution in [0.15, 0.2) is 0 Å². The van der Waals surface area contributed by atoms with Gasteiger partial charge < -0.3 is 16.8 Å². The average molecular weight is 239 g/mol. The molecular formula is C11H21N5O. The van der Waals surface area contributed by atoms with E-state index in [2.05, 4.69) is 17.3 Å². The van der Waals surface area contributed by atoms with E-state index in [0.29, 0.717) is 11.5 Å². The largest absolute Gasteiger partial charge is 0.394 e. The van der Waals surface area contributed by atoms with Crippen LogP contribution in [-0.2, 0) is 11.3 Å². The number of nitrogens with zero attached hydrogens (tertiary/aromatic N) is 2. The van der Waals surface area contributed by atoms with E-state index >= 15 is 0 Å². The lowest BCUT2D eigenvalue weighted by molar-refractivity contribution is -0.121. The van der Waals surface area contributed by atoms with E-state index in [9.17, 15) is 4.79 Å². The van der Waals surface area contributed by atoms with Gasteiger partial charge in [-0.3, -0.25) is 4.79 Å². The third-order valence-electron chi connectivity index (χ3n) is 2.66. The fourth-order valence-electron chi connectivity index (χ4n) is 1.46. The number of nitrogen functional groups attached to an aromatic ring is 1. The lowest BCUT2D eigenvalue weighted by Gasteiger charge is -2.24. The Morgan fingerprint density at radius 1 is 1.53 bits per heavy atom. The summed E-state index contributed by atoms with van der Waals surface area (Å²) in [4.78, 5) is 11.3. The van der Waals surface area contributed by atoms with Gasteiger partial charge in [-0.1, -0.05) is 6.92 Å². The number of amides is 1. The molecule has 6 heteroatoms. The van der Waals surface area contributed by atoms with Crippen molar-refractivity contribution in [3.63, 3.8) is 0 Å². The molecule has 1 rings (SSSR count). The number of aryl methyl sites for hydroxylation is 2. The van der Waals surface area contributed by atoms with Gasteiger partial charge in [-0.05, 0) is 27.2 Å². The summed E-state index contributed by atoms with van der Waals surface area (Å²) in [6.07, 6.45) is 0.937. The van der Waals surface area contributed by atoms with Gasteiger partial charge in [0, 0.05) is 6.54 Å². The van der Waals surface area contributed by atoms with Crippen LogP contribution < -0.4 is 16.8 Å². The molecule has 0 atom stereocenters. The molecule has 0 fully saturated rings. The van der Waals surface area contributed by atoms with E-state index in [4.69, 9.17) is 11.5 Å². The van der Waals surface area contributed by atoms with Crippen molar-refractivity contribution in [1.29, 1.82) is 0 Å². The van der Waals surface area contributed by atoms with Crippen LogP contribution in [0.4, 0.5) is 11.5 Å². The molecule has 6 nitrogen and oxygen atoms in total. The van der Waals surface area contributed by atoms with E-state index in [-0.39, 0.29) is 0 Å². The van der Waals surface area contributed by atoms with Gasteiger partial charge in [-0.25, -0.2) is 4.68 Å². The Hall–Kier alpha value is -1.72. The molecule has 0 aliphatic carbocycles. The zero-order valence-electron chi connectivity index (χ0n) is 10.9. The second-order valence-corrected chi connectivity index (χ2v) is 4.69. The predicted molar refractivity (Wildman–Crippen MR) is 68.6 cm³/mol. The molecule has 96 valence electrons. The molecule has 0 bridgehead atoms. The number of rotatable bonds is 5. The van der Waals surface area contributed by atoms with Crippen molar-refractivity contribution in [1.82, 2.24) is 9.78 Å². The maximum Gasteiger partial charge on any atom is 0.242 e. The van der Waals surface area contributed by atoms with E-state index in [1.165, 1.54) is 0 Å². The van der Waals surface area contributed by atoms with Gasteiger partial charge in [0.05, 0.1) is 11.4 Å². The molecule has 0 aromatic carbocycles. The molecule has 1 aromatic heterocycles. The second-order valence-electron chi connectivity index (χ2n) is 4.69. The number of carbonyl (C=O) groups excluding carboxylic acids is 1. The van der Waals surface area contributed by atoms with Crippen LogP contribution in [0.1, 0.15) is 32.9 Å². The van der Waals surface area contributed by atoms with Crippen LogP contribution in [0.3, 0.4) is 0 Å². The summed E-state index contributed by atoms with van der Waals surface area (Å²) in [7, 11) is 0. The summed E-state index contributed by atoms with van der Waals surface area (Å²) in [5, 5.41) is 7.38. The number of hydrogen-bond acceptors (Lipinski definition) is 4. The number of hydrogen-bond donors (Lipinski definition) is 3. The minimum atomic E-state index is -0.855. The first-order valence-electron chi connectivity index (χ1n) is 5.70. The van der Waals surface area contributed by atoms with Crippen molar-refractivity contribution >= 4 is 17.4 Å². The zero-order valence-corrected chi connectivity index (χ0v) is 10.9. The van der Waals surface area contributed by atoms with E-state index in [0.717, 1.165) is 18.7 Å². The summed E-state index contributed by atoms with van der Waals surface area (Å²) in [6, 6.07) is 0. The lowest BCUT2D eigenvalue weighted by Crippen LogP contribution is -2.45. The Morgan fingerprint density at radius 2 is 2.12 bits per heavy atom. The molecular weight excluding hydrogens is 218 g/mol. The van der Waals surface area contributed by atoms with Gasteiger partial charge in [0.2, 0.25) is 5.91 Å². The van der Waals surface area contributed by atoms with Crippen molar-refractivity contribution < 1.29 is 4.79 Å². The van der Waals surface area contributed by atoms with Crippen LogP contribution in [0.5, 0.6) is 0 Å². The lowest BCUT2D eigenvalue weighted by atomic mass is 10.1. The van der Waals surface area contributed by atoms with Crippen LogP contribution in [-0.4, -0.2) is 21.2 Å². The molecule has 17 heavy (non-hydrogen) atoms. The summed E-state index contributed by atoms with van der Waals surface area (Å²) >= 11 is 0. The highest BCUT2D eigenvalue weighted by molar-refractivity contribution is 5.87. The Morgan fingerprint density at radius 3 is 2.59 bits per heavy atom. The number of aromatic nitrogens is 2. The quantitative estimate of drug-likeness (QED) is 0.709. The van der Waals surface area contributed by atoms with Crippen LogP contribution >= 0.6 is 0 Å². The highest BCUT2D eigenvalue weighted by Crippen LogP contribution is 2.25. The van der Waals surface area contributed by atoms with Gasteiger partial charge >= 0.3 is 0 Å². The SMILES string of the molecule is CCCn1nc(C)c(N)c1NC(C)(C)C(N)=O. The highest BCUT2D eigenvalue weighted by Gasteiger charge is 2.27. The first kappa shape index (κ1) is 13.3. The van der Waals surface area contributed by atoms with Crippen molar-refractivity contribution in [2.75, 3.05) is 11.1 Å². The number of primary amides is 1. The van der Waals surface area contributed by atoms with Crippen LogP contribution in [0, 0.1) is 6.92 Å². The first-order valence-corrected chi connectivity index (χ1v) is 5.70.